The number of Topliss-reactive ketones (excluding diaryl/α,β-unsaturated/α-hetero) is 1. The molecule has 3 nitrogen and oxygen atoms in total. The lowest BCUT2D eigenvalue weighted by Crippen LogP contribution is -2.07. The number of benzene rings is 1. The van der Waals surface area contributed by atoms with Crippen molar-refractivity contribution in [3.8, 4) is 0 Å². The SMILES string of the molecule is Cc1ccc(C(=O)CC(O)c2cccnc2)cc1. The zero-order valence-corrected chi connectivity index (χ0v) is 10.2. The number of rotatable bonds is 4. The Hall–Kier alpha value is -2.00. The predicted octanol–water partition coefficient (Wildman–Crippen LogP) is 2.70. The van der Waals surface area contributed by atoms with Crippen molar-refractivity contribution in [2.24, 2.45) is 0 Å². The Kier molecular flexibility index (Phi) is 3.85. The van der Waals surface area contributed by atoms with Crippen LogP contribution in [0.5, 0.6) is 0 Å². The van der Waals surface area contributed by atoms with Gasteiger partial charge < -0.3 is 5.11 Å². The van der Waals surface area contributed by atoms with E-state index >= 15 is 0 Å². The highest BCUT2D eigenvalue weighted by molar-refractivity contribution is 5.96. The summed E-state index contributed by atoms with van der Waals surface area (Å²) in [5.41, 5.74) is 2.40. The molecule has 0 radical (unpaired) electrons. The van der Waals surface area contributed by atoms with E-state index in [-0.39, 0.29) is 12.2 Å². The number of aryl methyl sites for hydroxylation is 1. The van der Waals surface area contributed by atoms with Crippen molar-refractivity contribution in [1.82, 2.24) is 4.98 Å². The summed E-state index contributed by atoms with van der Waals surface area (Å²) in [6.07, 6.45) is 2.49. The molecule has 18 heavy (non-hydrogen) atoms. The van der Waals surface area contributed by atoms with Gasteiger partial charge in [-0.15, -0.1) is 0 Å². The standard InChI is InChI=1S/C15H15NO2/c1-11-4-6-12(7-5-11)14(17)9-15(18)13-3-2-8-16-10-13/h2-8,10,15,18H,9H2,1H3. The number of carbonyl (C=O) groups excluding carboxylic acids is 1. The Morgan fingerprint density at radius 1 is 1.28 bits per heavy atom. The fourth-order valence-electron chi connectivity index (χ4n) is 1.72. The van der Waals surface area contributed by atoms with E-state index in [1.165, 1.54) is 0 Å². The first-order valence-electron chi connectivity index (χ1n) is 5.84. The van der Waals surface area contributed by atoms with E-state index in [2.05, 4.69) is 4.98 Å². The van der Waals surface area contributed by atoms with Crippen LogP contribution in [0.1, 0.15) is 34.0 Å². The van der Waals surface area contributed by atoms with E-state index in [9.17, 15) is 9.90 Å². The van der Waals surface area contributed by atoms with Crippen LogP contribution in [-0.2, 0) is 0 Å². The van der Waals surface area contributed by atoms with Crippen molar-refractivity contribution in [3.63, 3.8) is 0 Å². The average molecular weight is 241 g/mol. The van der Waals surface area contributed by atoms with Gasteiger partial charge in [-0.2, -0.15) is 0 Å². The fraction of sp³-hybridized carbons (Fsp3) is 0.200. The lowest BCUT2D eigenvalue weighted by Gasteiger charge is -2.09. The molecule has 0 saturated heterocycles. The van der Waals surface area contributed by atoms with Gasteiger partial charge >= 0.3 is 0 Å². The number of ketones is 1. The molecule has 2 aromatic rings. The van der Waals surface area contributed by atoms with Gasteiger partial charge in [0.1, 0.15) is 0 Å². The number of aliphatic hydroxyl groups excluding tert-OH is 1. The lowest BCUT2D eigenvalue weighted by atomic mass is 10.0. The average Bonchev–Trinajstić information content (AvgIpc) is 2.40. The fourth-order valence-corrected chi connectivity index (χ4v) is 1.72. The van der Waals surface area contributed by atoms with Crippen LogP contribution in [0.15, 0.2) is 48.8 Å². The summed E-state index contributed by atoms with van der Waals surface area (Å²) < 4.78 is 0. The number of pyridine rings is 1. The van der Waals surface area contributed by atoms with Crippen molar-refractivity contribution in [2.45, 2.75) is 19.4 Å². The summed E-state index contributed by atoms with van der Waals surface area (Å²) in [6.45, 7) is 1.97. The molecule has 1 aromatic carbocycles. The zero-order chi connectivity index (χ0) is 13.0. The van der Waals surface area contributed by atoms with E-state index in [0.717, 1.165) is 5.56 Å². The minimum atomic E-state index is -0.799. The molecule has 1 N–H and O–H groups in total. The third-order valence-corrected chi connectivity index (χ3v) is 2.82. The molecule has 0 aliphatic rings. The van der Waals surface area contributed by atoms with Gasteiger partial charge in [-0.25, -0.2) is 0 Å². The molecule has 0 spiro atoms. The van der Waals surface area contributed by atoms with Crippen molar-refractivity contribution < 1.29 is 9.90 Å². The maximum atomic E-state index is 12.0. The van der Waals surface area contributed by atoms with Gasteiger partial charge in [-0.3, -0.25) is 9.78 Å². The molecule has 2 rings (SSSR count). The maximum Gasteiger partial charge on any atom is 0.165 e. The Balaban J connectivity index is 2.06. The van der Waals surface area contributed by atoms with Gasteiger partial charge in [0.05, 0.1) is 6.10 Å². The molecule has 0 fully saturated rings. The second-order valence-electron chi connectivity index (χ2n) is 4.30. The van der Waals surface area contributed by atoms with E-state index in [1.807, 2.05) is 19.1 Å². The first kappa shape index (κ1) is 12.5. The summed E-state index contributed by atoms with van der Waals surface area (Å²) in [4.78, 5) is 15.9. The molecule has 1 aromatic heterocycles. The van der Waals surface area contributed by atoms with Crippen LogP contribution in [-0.4, -0.2) is 15.9 Å². The van der Waals surface area contributed by atoms with Crippen LogP contribution >= 0.6 is 0 Å². The molecule has 0 aliphatic carbocycles. The van der Waals surface area contributed by atoms with Crippen LogP contribution in [0.2, 0.25) is 0 Å². The van der Waals surface area contributed by atoms with Crippen LogP contribution in [0.4, 0.5) is 0 Å². The van der Waals surface area contributed by atoms with E-state index in [4.69, 9.17) is 0 Å². The molecule has 0 amide bonds. The number of hydrogen-bond donors (Lipinski definition) is 1. The second-order valence-corrected chi connectivity index (χ2v) is 4.30. The molecule has 92 valence electrons. The van der Waals surface area contributed by atoms with Gasteiger partial charge in [0, 0.05) is 24.4 Å². The number of hydrogen-bond acceptors (Lipinski definition) is 3. The first-order valence-corrected chi connectivity index (χ1v) is 5.84. The lowest BCUT2D eigenvalue weighted by molar-refractivity contribution is 0.0880. The molecule has 1 unspecified atom stereocenters. The summed E-state index contributed by atoms with van der Waals surface area (Å²) in [6, 6.07) is 10.9. The van der Waals surface area contributed by atoms with Gasteiger partial charge in [-0.1, -0.05) is 35.9 Å². The zero-order valence-electron chi connectivity index (χ0n) is 10.2. The van der Waals surface area contributed by atoms with Crippen molar-refractivity contribution in [1.29, 1.82) is 0 Å². The summed E-state index contributed by atoms with van der Waals surface area (Å²) in [5, 5.41) is 9.95. The monoisotopic (exact) mass is 241 g/mol. The van der Waals surface area contributed by atoms with Crippen LogP contribution in [0.25, 0.3) is 0 Å². The first-order chi connectivity index (χ1) is 8.66. The largest absolute Gasteiger partial charge is 0.388 e. The highest BCUT2D eigenvalue weighted by atomic mass is 16.3. The number of carbonyl (C=O) groups is 1. The Bertz CT molecular complexity index is 520. The van der Waals surface area contributed by atoms with Gasteiger partial charge in [0.2, 0.25) is 0 Å². The predicted molar refractivity (Wildman–Crippen MR) is 69.3 cm³/mol. The minimum absolute atomic E-state index is 0.0636. The number of nitrogens with zero attached hydrogens (tertiary/aromatic N) is 1. The molecule has 3 heteroatoms. The normalized spacial score (nSPS) is 12.1. The third-order valence-electron chi connectivity index (χ3n) is 2.82. The molecule has 1 atom stereocenters. The van der Waals surface area contributed by atoms with Gasteiger partial charge in [0.25, 0.3) is 0 Å². The Labute approximate surface area is 106 Å². The van der Waals surface area contributed by atoms with Gasteiger partial charge in [0.15, 0.2) is 5.78 Å². The minimum Gasteiger partial charge on any atom is -0.388 e. The second kappa shape index (κ2) is 5.56. The quantitative estimate of drug-likeness (QED) is 0.837. The van der Waals surface area contributed by atoms with Crippen molar-refractivity contribution >= 4 is 5.78 Å². The van der Waals surface area contributed by atoms with Crippen molar-refractivity contribution in [2.75, 3.05) is 0 Å². The van der Waals surface area contributed by atoms with Gasteiger partial charge in [-0.05, 0) is 18.6 Å². The topological polar surface area (TPSA) is 50.2 Å². The van der Waals surface area contributed by atoms with Crippen LogP contribution in [0, 0.1) is 6.92 Å². The third kappa shape index (κ3) is 3.02. The van der Waals surface area contributed by atoms with E-state index in [0.29, 0.717) is 11.1 Å². The molecule has 0 bridgehead atoms. The number of aromatic nitrogens is 1. The summed E-state index contributed by atoms with van der Waals surface area (Å²) in [7, 11) is 0. The Morgan fingerprint density at radius 3 is 2.61 bits per heavy atom. The van der Waals surface area contributed by atoms with Crippen LogP contribution < -0.4 is 0 Å². The smallest absolute Gasteiger partial charge is 0.165 e. The maximum absolute atomic E-state index is 12.0. The van der Waals surface area contributed by atoms with Crippen LogP contribution in [0.3, 0.4) is 0 Å². The molecule has 1 heterocycles. The van der Waals surface area contributed by atoms with Crippen molar-refractivity contribution in [3.05, 3.63) is 65.5 Å². The highest BCUT2D eigenvalue weighted by Crippen LogP contribution is 2.18. The number of aliphatic hydroxyl groups is 1. The molecule has 0 aliphatic heterocycles. The molecular formula is C15H15NO2. The Morgan fingerprint density at radius 2 is 2.00 bits per heavy atom. The highest BCUT2D eigenvalue weighted by Gasteiger charge is 2.14. The summed E-state index contributed by atoms with van der Waals surface area (Å²) in [5.74, 6) is -0.0636. The summed E-state index contributed by atoms with van der Waals surface area (Å²) >= 11 is 0. The molecule has 0 saturated carbocycles. The van der Waals surface area contributed by atoms with E-state index in [1.54, 1.807) is 36.7 Å². The molecular weight excluding hydrogens is 226 g/mol. The van der Waals surface area contributed by atoms with E-state index < -0.39 is 6.10 Å².